The van der Waals surface area contributed by atoms with Crippen LogP contribution in [0.15, 0.2) is 0 Å². The molecule has 1 unspecified atom stereocenters. The van der Waals surface area contributed by atoms with Crippen molar-refractivity contribution in [2.24, 2.45) is 0 Å². The van der Waals surface area contributed by atoms with Gasteiger partial charge in [-0.05, 0) is 0 Å². The summed E-state index contributed by atoms with van der Waals surface area (Å²) in [4.78, 5) is 0. The van der Waals surface area contributed by atoms with E-state index >= 15 is 0 Å². The molecule has 0 spiro atoms. The Balaban J connectivity index is 2.12. The van der Waals surface area contributed by atoms with Gasteiger partial charge < -0.3 is 50.3 Å². The number of ether oxygens (including phenoxy) is 2. The fourth-order valence-corrected chi connectivity index (χ4v) is 2.61. The summed E-state index contributed by atoms with van der Waals surface area (Å²) in [6.45, 7) is 0.144. The summed E-state index contributed by atoms with van der Waals surface area (Å²) in [5.41, 5.74) is 0. The van der Waals surface area contributed by atoms with E-state index in [1.807, 2.05) is 0 Å². The first kappa shape index (κ1) is 17.9. The van der Waals surface area contributed by atoms with Gasteiger partial charge in [-0.25, -0.2) is 0 Å². The smallest absolute Gasteiger partial charge is 0.115 e. The zero-order chi connectivity index (χ0) is 16.6. The van der Waals surface area contributed by atoms with Crippen molar-refractivity contribution in [2.75, 3.05) is 6.61 Å². The monoisotopic (exact) mass is 325 g/mol. The van der Waals surface area contributed by atoms with Crippen molar-refractivity contribution in [3.05, 3.63) is 6.61 Å². The highest BCUT2D eigenvalue weighted by Gasteiger charge is 2.51. The van der Waals surface area contributed by atoms with Crippen LogP contribution in [0, 0.1) is 6.61 Å². The molecule has 0 aromatic heterocycles. The summed E-state index contributed by atoms with van der Waals surface area (Å²) < 4.78 is 10.1. The van der Waals surface area contributed by atoms with Crippen molar-refractivity contribution in [3.63, 3.8) is 0 Å². The second kappa shape index (κ2) is 7.01. The molecule has 10 atom stereocenters. The summed E-state index contributed by atoms with van der Waals surface area (Å²) in [6.07, 6.45) is -15.6. The molecule has 2 aliphatic heterocycles. The average Bonchev–Trinajstić information content (AvgIpc) is 2.50. The maximum absolute atomic E-state index is 10.2. The fourth-order valence-electron chi connectivity index (χ4n) is 2.61. The van der Waals surface area contributed by atoms with Crippen LogP contribution < -0.4 is 0 Å². The highest BCUT2D eigenvalue weighted by atomic mass is 16.6. The van der Waals surface area contributed by atoms with Gasteiger partial charge in [0.25, 0.3) is 0 Å². The first-order valence-electron chi connectivity index (χ1n) is 6.81. The molecule has 0 bridgehead atoms. The minimum absolute atomic E-state index is 0.671. The van der Waals surface area contributed by atoms with Crippen LogP contribution in [0.25, 0.3) is 0 Å². The summed E-state index contributed by atoms with van der Waals surface area (Å²) in [5.74, 6) is 0. The number of aliphatic hydroxyl groups excluding tert-OH is 8. The van der Waals surface area contributed by atoms with E-state index in [2.05, 4.69) is 0 Å². The zero-order valence-electron chi connectivity index (χ0n) is 11.5. The third kappa shape index (κ3) is 3.12. The van der Waals surface area contributed by atoms with Gasteiger partial charge in [-0.3, -0.25) is 0 Å². The van der Waals surface area contributed by atoms with Gasteiger partial charge in [-0.1, -0.05) is 0 Å². The molecule has 2 saturated heterocycles. The van der Waals surface area contributed by atoms with Crippen LogP contribution in [0.2, 0.25) is 0 Å². The van der Waals surface area contributed by atoms with Crippen molar-refractivity contribution in [2.45, 2.75) is 61.0 Å². The maximum atomic E-state index is 10.2. The molecular formula is C12H21O10. The van der Waals surface area contributed by atoms with Gasteiger partial charge >= 0.3 is 0 Å². The quantitative estimate of drug-likeness (QED) is 0.250. The molecule has 0 aliphatic carbocycles. The third-order valence-electron chi connectivity index (χ3n) is 4.01. The van der Waals surface area contributed by atoms with Gasteiger partial charge in [-0.15, -0.1) is 0 Å². The van der Waals surface area contributed by atoms with Crippen molar-refractivity contribution in [1.29, 1.82) is 0 Å². The second-order valence-corrected chi connectivity index (χ2v) is 5.49. The van der Waals surface area contributed by atoms with Crippen LogP contribution in [0.5, 0.6) is 0 Å². The molecule has 0 amide bonds. The molecule has 2 rings (SSSR count). The van der Waals surface area contributed by atoms with Crippen molar-refractivity contribution in [3.8, 4) is 0 Å². The Bertz CT molecular complexity index is 366. The van der Waals surface area contributed by atoms with Crippen molar-refractivity contribution in [1.82, 2.24) is 0 Å². The van der Waals surface area contributed by atoms with E-state index in [0.29, 0.717) is 0 Å². The Morgan fingerprint density at radius 1 is 0.818 bits per heavy atom. The number of hydrogen-bond donors (Lipinski definition) is 8. The molecule has 22 heavy (non-hydrogen) atoms. The van der Waals surface area contributed by atoms with E-state index < -0.39 is 67.6 Å². The second-order valence-electron chi connectivity index (χ2n) is 5.49. The Morgan fingerprint density at radius 2 is 1.41 bits per heavy atom. The standard InChI is InChI=1S/C12H21O10/c13-1-4-6(16)7(17)9(19)12(22-4)10(20)11-8(18)5(15)3(14)2-21-11/h2-20H,1H2/t3-,4-,5+,6+,7+,8-,9-,10?,11-,12-/m1/s1. The molecule has 2 fully saturated rings. The van der Waals surface area contributed by atoms with Crippen LogP contribution in [0.4, 0.5) is 0 Å². The fraction of sp³-hybridized carbons (Fsp3) is 0.917. The summed E-state index contributed by atoms with van der Waals surface area (Å²) in [7, 11) is 0. The molecule has 1 radical (unpaired) electrons. The van der Waals surface area contributed by atoms with E-state index in [1.165, 1.54) is 0 Å². The largest absolute Gasteiger partial charge is 0.394 e. The van der Waals surface area contributed by atoms with Crippen LogP contribution in [-0.4, -0.2) is 108 Å². The van der Waals surface area contributed by atoms with Crippen LogP contribution in [-0.2, 0) is 9.47 Å². The predicted octanol–water partition coefficient (Wildman–Crippen LogP) is -5.17. The molecule has 2 heterocycles. The molecule has 8 N–H and O–H groups in total. The minimum atomic E-state index is -1.72. The molecule has 0 aromatic rings. The van der Waals surface area contributed by atoms with E-state index in [0.717, 1.165) is 6.61 Å². The Labute approximate surface area is 125 Å². The normalized spacial score (nSPS) is 51.5. The Hall–Kier alpha value is -0.400. The Kier molecular flexibility index (Phi) is 5.72. The number of rotatable bonds is 3. The van der Waals surface area contributed by atoms with Gasteiger partial charge in [0.1, 0.15) is 67.6 Å². The number of aliphatic hydroxyl groups is 8. The Morgan fingerprint density at radius 3 is 2.00 bits per heavy atom. The van der Waals surface area contributed by atoms with E-state index in [-0.39, 0.29) is 0 Å². The topological polar surface area (TPSA) is 180 Å². The molecule has 129 valence electrons. The highest BCUT2D eigenvalue weighted by molar-refractivity contribution is 5.01. The van der Waals surface area contributed by atoms with Gasteiger partial charge in [0.15, 0.2) is 0 Å². The summed E-state index contributed by atoms with van der Waals surface area (Å²) in [5, 5.41) is 77.2. The van der Waals surface area contributed by atoms with Crippen LogP contribution >= 0.6 is 0 Å². The van der Waals surface area contributed by atoms with Gasteiger partial charge in [0.2, 0.25) is 0 Å². The first-order chi connectivity index (χ1) is 10.3. The average molecular weight is 325 g/mol. The lowest BCUT2D eigenvalue weighted by Gasteiger charge is -2.45. The first-order valence-corrected chi connectivity index (χ1v) is 6.81. The lowest BCUT2D eigenvalue weighted by molar-refractivity contribution is -0.272. The molecular weight excluding hydrogens is 304 g/mol. The van der Waals surface area contributed by atoms with Crippen molar-refractivity contribution >= 4 is 0 Å². The minimum Gasteiger partial charge on any atom is -0.394 e. The van der Waals surface area contributed by atoms with E-state index in [4.69, 9.17) is 14.6 Å². The molecule has 2 aliphatic rings. The molecule has 10 nitrogen and oxygen atoms in total. The highest BCUT2D eigenvalue weighted by Crippen LogP contribution is 2.29. The number of hydrogen-bond acceptors (Lipinski definition) is 10. The van der Waals surface area contributed by atoms with Crippen molar-refractivity contribution < 1.29 is 50.3 Å². The summed E-state index contributed by atoms with van der Waals surface area (Å²) >= 11 is 0. The lowest BCUT2D eigenvalue weighted by Crippen LogP contribution is -2.66. The summed E-state index contributed by atoms with van der Waals surface area (Å²) in [6, 6.07) is 0. The van der Waals surface area contributed by atoms with E-state index in [9.17, 15) is 35.7 Å². The lowest BCUT2D eigenvalue weighted by atomic mass is 9.87. The molecule has 10 heteroatoms. The SMILES string of the molecule is OC[C@H]1O[C@@H](C(O)[C@@H]2O[CH][C@@H](O)[C@H](O)[C@H]2O)[C@H](O)[C@@H](O)[C@H]1O. The zero-order valence-corrected chi connectivity index (χ0v) is 11.5. The molecule has 0 aromatic carbocycles. The van der Waals surface area contributed by atoms with Gasteiger partial charge in [-0.2, -0.15) is 0 Å². The maximum Gasteiger partial charge on any atom is 0.115 e. The van der Waals surface area contributed by atoms with Crippen LogP contribution in [0.1, 0.15) is 0 Å². The predicted molar refractivity (Wildman–Crippen MR) is 67.0 cm³/mol. The van der Waals surface area contributed by atoms with Gasteiger partial charge in [0.05, 0.1) is 6.61 Å². The third-order valence-corrected chi connectivity index (χ3v) is 4.01. The van der Waals surface area contributed by atoms with E-state index in [1.54, 1.807) is 0 Å². The van der Waals surface area contributed by atoms with Gasteiger partial charge in [0, 0.05) is 0 Å². The van der Waals surface area contributed by atoms with Crippen LogP contribution in [0.3, 0.4) is 0 Å². The molecule has 0 saturated carbocycles.